The van der Waals surface area contributed by atoms with E-state index in [2.05, 4.69) is 11.4 Å². The van der Waals surface area contributed by atoms with Gasteiger partial charge in [-0.2, -0.15) is 5.26 Å². The van der Waals surface area contributed by atoms with Crippen LogP contribution < -0.4 is 5.32 Å². The monoisotopic (exact) mass is 251 g/mol. The molecule has 0 bridgehead atoms. The maximum atomic E-state index is 11.7. The van der Waals surface area contributed by atoms with Crippen molar-refractivity contribution < 1.29 is 4.79 Å². The maximum Gasteiger partial charge on any atom is 0.238 e. The number of benzene rings is 1. The zero-order chi connectivity index (χ0) is 12.8. The van der Waals surface area contributed by atoms with E-state index in [9.17, 15) is 4.79 Å². The Hall–Kier alpha value is -1.57. The van der Waals surface area contributed by atoms with Gasteiger partial charge in [0.2, 0.25) is 5.91 Å². The van der Waals surface area contributed by atoms with Crippen LogP contribution in [0.4, 0.5) is 5.69 Å². The van der Waals surface area contributed by atoms with E-state index in [-0.39, 0.29) is 18.5 Å². The third-order valence-corrected chi connectivity index (χ3v) is 2.72. The van der Waals surface area contributed by atoms with Crippen LogP contribution in [0, 0.1) is 11.3 Å². The van der Waals surface area contributed by atoms with Gasteiger partial charge in [0.15, 0.2) is 0 Å². The van der Waals surface area contributed by atoms with Crippen molar-refractivity contribution >= 4 is 23.2 Å². The smallest absolute Gasteiger partial charge is 0.238 e. The van der Waals surface area contributed by atoms with E-state index in [1.807, 2.05) is 0 Å². The van der Waals surface area contributed by atoms with Crippen molar-refractivity contribution in [2.75, 3.05) is 18.9 Å². The molecule has 0 saturated carbocycles. The summed E-state index contributed by atoms with van der Waals surface area (Å²) in [4.78, 5) is 13.3. The molecule has 5 heteroatoms. The lowest BCUT2D eigenvalue weighted by Gasteiger charge is -2.18. The fourth-order valence-electron chi connectivity index (χ4n) is 1.21. The normalized spacial score (nSPS) is 11.9. The summed E-state index contributed by atoms with van der Waals surface area (Å²) in [5, 5.41) is 11.9. The Morgan fingerprint density at radius 3 is 2.82 bits per heavy atom. The Morgan fingerprint density at radius 2 is 2.24 bits per heavy atom. The van der Waals surface area contributed by atoms with Crippen molar-refractivity contribution in [1.29, 1.82) is 5.26 Å². The van der Waals surface area contributed by atoms with E-state index in [1.165, 1.54) is 0 Å². The van der Waals surface area contributed by atoms with Crippen LogP contribution >= 0.6 is 11.6 Å². The summed E-state index contributed by atoms with van der Waals surface area (Å²) in [6.45, 7) is 1.89. The largest absolute Gasteiger partial charge is 0.324 e. The average molecular weight is 252 g/mol. The number of halogens is 1. The summed E-state index contributed by atoms with van der Waals surface area (Å²) in [5.74, 6) is -0.192. The van der Waals surface area contributed by atoms with Gasteiger partial charge in [0.1, 0.15) is 0 Å². The molecule has 0 spiro atoms. The zero-order valence-corrected chi connectivity index (χ0v) is 10.5. The molecule has 0 heterocycles. The van der Waals surface area contributed by atoms with Gasteiger partial charge in [-0.1, -0.05) is 23.7 Å². The summed E-state index contributed by atoms with van der Waals surface area (Å²) in [6.07, 6.45) is 0. The van der Waals surface area contributed by atoms with Gasteiger partial charge in [-0.15, -0.1) is 0 Å². The van der Waals surface area contributed by atoms with E-state index in [1.54, 1.807) is 43.1 Å². The molecule has 1 amide bonds. The number of nitriles is 1. The number of anilines is 1. The standard InChI is InChI=1S/C12H14ClN3O/c1-9(7-14)16(2)8-12(17)15-11-6-4-3-5-10(11)13/h3-6,9H,8H2,1-2H3,(H,15,17)/t9-/m1/s1. The van der Waals surface area contributed by atoms with Crippen LogP contribution in [0.5, 0.6) is 0 Å². The van der Waals surface area contributed by atoms with Crippen LogP contribution in [0.2, 0.25) is 5.02 Å². The molecule has 90 valence electrons. The SMILES string of the molecule is C[C@H](C#N)N(C)CC(=O)Nc1ccccc1Cl. The summed E-state index contributed by atoms with van der Waals surface area (Å²) < 4.78 is 0. The molecule has 0 fully saturated rings. The number of para-hydroxylation sites is 1. The van der Waals surface area contributed by atoms with Gasteiger partial charge in [0.25, 0.3) is 0 Å². The number of carbonyl (C=O) groups is 1. The predicted molar refractivity (Wildman–Crippen MR) is 67.8 cm³/mol. The second kappa shape index (κ2) is 6.24. The maximum absolute atomic E-state index is 11.7. The third kappa shape index (κ3) is 4.06. The van der Waals surface area contributed by atoms with Crippen molar-refractivity contribution in [3.63, 3.8) is 0 Å². The lowest BCUT2D eigenvalue weighted by atomic mass is 10.3. The fraction of sp³-hybridized carbons (Fsp3) is 0.333. The van der Waals surface area contributed by atoms with Gasteiger partial charge in [-0.25, -0.2) is 0 Å². The fourth-order valence-corrected chi connectivity index (χ4v) is 1.40. The van der Waals surface area contributed by atoms with E-state index < -0.39 is 0 Å². The highest BCUT2D eigenvalue weighted by Crippen LogP contribution is 2.20. The van der Waals surface area contributed by atoms with Gasteiger partial charge >= 0.3 is 0 Å². The zero-order valence-electron chi connectivity index (χ0n) is 9.77. The van der Waals surface area contributed by atoms with Crippen LogP contribution in [-0.2, 0) is 4.79 Å². The molecular weight excluding hydrogens is 238 g/mol. The number of amides is 1. The van der Waals surface area contributed by atoms with Gasteiger partial charge in [0, 0.05) is 0 Å². The molecule has 0 aliphatic rings. The second-order valence-corrected chi connectivity index (χ2v) is 4.16. The first kappa shape index (κ1) is 13.5. The Kier molecular flexibility index (Phi) is 4.95. The van der Waals surface area contributed by atoms with Crippen LogP contribution in [-0.4, -0.2) is 30.4 Å². The van der Waals surface area contributed by atoms with Crippen molar-refractivity contribution in [2.45, 2.75) is 13.0 Å². The summed E-state index contributed by atoms with van der Waals surface area (Å²) >= 11 is 5.91. The van der Waals surface area contributed by atoms with E-state index in [0.717, 1.165) is 0 Å². The first-order chi connectivity index (χ1) is 8.04. The number of carbonyl (C=O) groups excluding carboxylic acids is 1. The lowest BCUT2D eigenvalue weighted by Crippen LogP contribution is -2.35. The Morgan fingerprint density at radius 1 is 1.59 bits per heavy atom. The van der Waals surface area contributed by atoms with Crippen molar-refractivity contribution in [3.8, 4) is 6.07 Å². The first-order valence-corrected chi connectivity index (χ1v) is 5.56. The molecule has 0 unspecified atom stereocenters. The summed E-state index contributed by atoms with van der Waals surface area (Å²) in [6, 6.07) is 8.79. The molecule has 1 atom stereocenters. The van der Waals surface area contributed by atoms with Crippen LogP contribution in [0.3, 0.4) is 0 Å². The average Bonchev–Trinajstić information content (AvgIpc) is 2.31. The van der Waals surface area contributed by atoms with Crippen molar-refractivity contribution in [3.05, 3.63) is 29.3 Å². The third-order valence-electron chi connectivity index (χ3n) is 2.39. The number of nitrogens with one attached hydrogen (secondary N) is 1. The number of likely N-dealkylation sites (N-methyl/N-ethyl adjacent to an activating group) is 1. The van der Waals surface area contributed by atoms with Gasteiger partial charge in [-0.05, 0) is 26.1 Å². The molecule has 0 radical (unpaired) electrons. The van der Waals surface area contributed by atoms with E-state index in [4.69, 9.17) is 16.9 Å². The van der Waals surface area contributed by atoms with Crippen LogP contribution in [0.15, 0.2) is 24.3 Å². The van der Waals surface area contributed by atoms with Gasteiger partial charge in [-0.3, -0.25) is 9.69 Å². The first-order valence-electron chi connectivity index (χ1n) is 5.19. The predicted octanol–water partition coefficient (Wildman–Crippen LogP) is 2.12. The Balaban J connectivity index is 2.57. The topological polar surface area (TPSA) is 56.1 Å². The molecule has 4 nitrogen and oxygen atoms in total. The number of rotatable bonds is 4. The molecule has 1 aromatic carbocycles. The lowest BCUT2D eigenvalue weighted by molar-refractivity contribution is -0.117. The number of nitrogens with zero attached hydrogens (tertiary/aromatic N) is 2. The molecule has 1 rings (SSSR count). The molecule has 1 N–H and O–H groups in total. The molecule has 17 heavy (non-hydrogen) atoms. The molecule has 0 aromatic heterocycles. The summed E-state index contributed by atoms with van der Waals surface area (Å²) in [5.41, 5.74) is 0.581. The van der Waals surface area contributed by atoms with Gasteiger partial charge in [0.05, 0.1) is 29.4 Å². The minimum atomic E-state index is -0.299. The summed E-state index contributed by atoms with van der Waals surface area (Å²) in [7, 11) is 1.72. The number of hydrogen-bond acceptors (Lipinski definition) is 3. The molecule has 0 aliphatic heterocycles. The highest BCUT2D eigenvalue weighted by Gasteiger charge is 2.12. The van der Waals surface area contributed by atoms with Crippen molar-refractivity contribution in [1.82, 2.24) is 4.90 Å². The highest BCUT2D eigenvalue weighted by atomic mass is 35.5. The van der Waals surface area contributed by atoms with Crippen LogP contribution in [0.25, 0.3) is 0 Å². The highest BCUT2D eigenvalue weighted by molar-refractivity contribution is 6.33. The molecule has 1 aromatic rings. The molecular formula is C12H14ClN3O. The van der Waals surface area contributed by atoms with Crippen molar-refractivity contribution in [2.24, 2.45) is 0 Å². The Labute approximate surface area is 106 Å². The van der Waals surface area contributed by atoms with Crippen LogP contribution in [0.1, 0.15) is 6.92 Å². The second-order valence-electron chi connectivity index (χ2n) is 3.75. The number of hydrogen-bond donors (Lipinski definition) is 1. The van der Waals surface area contributed by atoms with E-state index in [0.29, 0.717) is 10.7 Å². The van der Waals surface area contributed by atoms with Gasteiger partial charge < -0.3 is 5.32 Å². The molecule has 0 saturated heterocycles. The minimum absolute atomic E-state index is 0.153. The minimum Gasteiger partial charge on any atom is -0.324 e. The molecule has 0 aliphatic carbocycles. The Bertz CT molecular complexity index is 442. The quantitative estimate of drug-likeness (QED) is 0.892. The van der Waals surface area contributed by atoms with E-state index >= 15 is 0 Å².